The van der Waals surface area contributed by atoms with Crippen LogP contribution >= 0.6 is 0 Å². The van der Waals surface area contributed by atoms with Crippen LogP contribution in [0.2, 0.25) is 0 Å². The van der Waals surface area contributed by atoms with E-state index in [-0.39, 0.29) is 18.3 Å². The molecule has 0 aromatic heterocycles. The number of unbranched alkanes of at least 4 members (excludes halogenated alkanes) is 1. The zero-order valence-corrected chi connectivity index (χ0v) is 15.1. The SMILES string of the molecule is CC(C)(C)OC(=O)N[C@@H](CCCCN)C(=O)NCc1ccc(F)cc1. The van der Waals surface area contributed by atoms with Crippen LogP contribution in [0.15, 0.2) is 24.3 Å². The molecule has 2 amide bonds. The zero-order chi connectivity index (χ0) is 18.9. The third-order valence-electron chi connectivity index (χ3n) is 3.33. The quantitative estimate of drug-likeness (QED) is 0.626. The molecule has 1 rings (SSSR count). The topological polar surface area (TPSA) is 93.4 Å². The van der Waals surface area contributed by atoms with Gasteiger partial charge in [-0.1, -0.05) is 12.1 Å². The Balaban J connectivity index is 2.61. The van der Waals surface area contributed by atoms with Gasteiger partial charge in [-0.05, 0) is 64.3 Å². The van der Waals surface area contributed by atoms with Crippen LogP contribution in [0.4, 0.5) is 9.18 Å². The highest BCUT2D eigenvalue weighted by Gasteiger charge is 2.23. The third-order valence-corrected chi connectivity index (χ3v) is 3.33. The fourth-order valence-corrected chi connectivity index (χ4v) is 2.13. The summed E-state index contributed by atoms with van der Waals surface area (Å²) in [4.78, 5) is 24.3. The predicted molar refractivity (Wildman–Crippen MR) is 94.3 cm³/mol. The Morgan fingerprint density at radius 2 is 1.84 bits per heavy atom. The summed E-state index contributed by atoms with van der Waals surface area (Å²) in [5.74, 6) is -0.645. The van der Waals surface area contributed by atoms with Crippen LogP contribution in [0.3, 0.4) is 0 Å². The molecule has 25 heavy (non-hydrogen) atoms. The Kier molecular flexibility index (Phi) is 8.34. The Labute approximate surface area is 148 Å². The molecule has 1 atom stereocenters. The van der Waals surface area contributed by atoms with E-state index in [4.69, 9.17) is 10.5 Å². The molecule has 0 bridgehead atoms. The second kappa shape index (κ2) is 9.98. The number of hydrogen-bond acceptors (Lipinski definition) is 4. The number of hydrogen-bond donors (Lipinski definition) is 3. The molecular weight excluding hydrogens is 325 g/mol. The van der Waals surface area contributed by atoms with E-state index in [1.807, 2.05) is 0 Å². The minimum absolute atomic E-state index is 0.252. The van der Waals surface area contributed by atoms with Crippen LogP contribution in [0.1, 0.15) is 45.6 Å². The van der Waals surface area contributed by atoms with Crippen molar-refractivity contribution in [3.63, 3.8) is 0 Å². The lowest BCUT2D eigenvalue weighted by Crippen LogP contribution is -2.48. The summed E-state index contributed by atoms with van der Waals surface area (Å²) in [6.45, 7) is 6.04. The Hall–Kier alpha value is -2.15. The fourth-order valence-electron chi connectivity index (χ4n) is 2.13. The molecule has 7 heteroatoms. The molecule has 0 saturated carbocycles. The summed E-state index contributed by atoms with van der Waals surface area (Å²) < 4.78 is 18.1. The molecule has 1 aromatic rings. The minimum Gasteiger partial charge on any atom is -0.444 e. The van der Waals surface area contributed by atoms with Crippen LogP contribution in [0, 0.1) is 5.82 Å². The van der Waals surface area contributed by atoms with Crippen molar-refractivity contribution in [1.29, 1.82) is 0 Å². The summed E-state index contributed by atoms with van der Waals surface area (Å²) >= 11 is 0. The van der Waals surface area contributed by atoms with Crippen LogP contribution in [-0.4, -0.2) is 30.2 Å². The van der Waals surface area contributed by atoms with Gasteiger partial charge in [0.05, 0.1) is 0 Å². The number of carbonyl (C=O) groups excluding carboxylic acids is 2. The maximum Gasteiger partial charge on any atom is 0.408 e. The van der Waals surface area contributed by atoms with E-state index >= 15 is 0 Å². The van der Waals surface area contributed by atoms with Gasteiger partial charge >= 0.3 is 6.09 Å². The van der Waals surface area contributed by atoms with E-state index in [2.05, 4.69) is 10.6 Å². The van der Waals surface area contributed by atoms with Crippen molar-refractivity contribution in [1.82, 2.24) is 10.6 Å². The maximum atomic E-state index is 12.9. The zero-order valence-electron chi connectivity index (χ0n) is 15.1. The highest BCUT2D eigenvalue weighted by Crippen LogP contribution is 2.09. The van der Waals surface area contributed by atoms with Crippen molar-refractivity contribution in [2.24, 2.45) is 5.73 Å². The van der Waals surface area contributed by atoms with Gasteiger partial charge in [0.2, 0.25) is 5.91 Å². The Morgan fingerprint density at radius 1 is 1.20 bits per heavy atom. The Bertz CT molecular complexity index is 556. The smallest absolute Gasteiger partial charge is 0.408 e. The Morgan fingerprint density at radius 3 is 2.40 bits per heavy atom. The van der Waals surface area contributed by atoms with E-state index in [9.17, 15) is 14.0 Å². The average molecular weight is 353 g/mol. The predicted octanol–water partition coefficient (Wildman–Crippen LogP) is 2.46. The van der Waals surface area contributed by atoms with Crippen molar-refractivity contribution < 1.29 is 18.7 Å². The number of halogens is 1. The number of ether oxygens (including phenoxy) is 1. The molecular formula is C18H28FN3O3. The molecule has 0 aliphatic rings. The van der Waals surface area contributed by atoms with Gasteiger partial charge in [0.1, 0.15) is 17.5 Å². The minimum atomic E-state index is -0.707. The van der Waals surface area contributed by atoms with Crippen molar-refractivity contribution in [2.75, 3.05) is 6.54 Å². The number of carbonyl (C=O) groups is 2. The third kappa shape index (κ3) is 9.05. The molecule has 0 fully saturated rings. The first-order valence-corrected chi connectivity index (χ1v) is 8.43. The van der Waals surface area contributed by atoms with Gasteiger partial charge in [-0.15, -0.1) is 0 Å². The molecule has 0 unspecified atom stereocenters. The highest BCUT2D eigenvalue weighted by atomic mass is 19.1. The summed E-state index contributed by atoms with van der Waals surface area (Å²) in [7, 11) is 0. The van der Waals surface area contributed by atoms with Gasteiger partial charge < -0.3 is 21.1 Å². The van der Waals surface area contributed by atoms with Gasteiger partial charge in [-0.25, -0.2) is 9.18 Å². The molecule has 0 heterocycles. The van der Waals surface area contributed by atoms with Crippen LogP contribution in [-0.2, 0) is 16.1 Å². The highest BCUT2D eigenvalue weighted by molar-refractivity contribution is 5.85. The number of nitrogens with two attached hydrogens (primary N) is 1. The standard InChI is InChI=1S/C18H28FN3O3/c1-18(2,3)25-17(24)22-15(6-4-5-11-20)16(23)21-12-13-7-9-14(19)10-8-13/h7-10,15H,4-6,11-12,20H2,1-3H3,(H,21,23)(H,22,24)/t15-/m0/s1. The second-order valence-electron chi connectivity index (χ2n) is 6.83. The average Bonchev–Trinajstić information content (AvgIpc) is 2.51. The summed E-state index contributed by atoms with van der Waals surface area (Å²) in [6.07, 6.45) is 1.30. The number of nitrogens with one attached hydrogen (secondary N) is 2. The first-order valence-electron chi connectivity index (χ1n) is 8.43. The normalized spacial score (nSPS) is 12.4. The lowest BCUT2D eigenvalue weighted by atomic mass is 10.1. The van der Waals surface area contributed by atoms with Crippen molar-refractivity contribution in [3.8, 4) is 0 Å². The van der Waals surface area contributed by atoms with Gasteiger partial charge in [-0.3, -0.25) is 4.79 Å². The number of alkyl carbamates (subject to hydrolysis) is 1. The molecule has 4 N–H and O–H groups in total. The lowest BCUT2D eigenvalue weighted by molar-refractivity contribution is -0.123. The van der Waals surface area contributed by atoms with Crippen LogP contribution in [0.5, 0.6) is 0 Å². The first kappa shape index (κ1) is 20.9. The van der Waals surface area contributed by atoms with Crippen molar-refractivity contribution in [3.05, 3.63) is 35.6 Å². The van der Waals surface area contributed by atoms with Gasteiger partial charge in [-0.2, -0.15) is 0 Å². The molecule has 1 aromatic carbocycles. The second-order valence-corrected chi connectivity index (χ2v) is 6.83. The molecule has 0 aliphatic heterocycles. The monoisotopic (exact) mass is 353 g/mol. The van der Waals surface area contributed by atoms with Crippen molar-refractivity contribution in [2.45, 2.75) is 58.2 Å². The molecule has 0 aliphatic carbocycles. The van der Waals surface area contributed by atoms with Crippen LogP contribution < -0.4 is 16.4 Å². The van der Waals surface area contributed by atoms with Gasteiger partial charge in [0, 0.05) is 6.54 Å². The lowest BCUT2D eigenvalue weighted by Gasteiger charge is -2.23. The largest absolute Gasteiger partial charge is 0.444 e. The number of amides is 2. The summed E-state index contributed by atoms with van der Waals surface area (Å²) in [6, 6.07) is 5.15. The molecule has 6 nitrogen and oxygen atoms in total. The molecule has 0 spiro atoms. The van der Waals surface area contributed by atoms with E-state index in [1.54, 1.807) is 32.9 Å². The van der Waals surface area contributed by atoms with E-state index in [0.717, 1.165) is 12.0 Å². The van der Waals surface area contributed by atoms with E-state index < -0.39 is 17.7 Å². The van der Waals surface area contributed by atoms with Gasteiger partial charge in [0.15, 0.2) is 0 Å². The fraction of sp³-hybridized carbons (Fsp3) is 0.556. The molecule has 140 valence electrons. The first-order chi connectivity index (χ1) is 11.7. The van der Waals surface area contributed by atoms with E-state index in [1.165, 1.54) is 12.1 Å². The molecule has 0 saturated heterocycles. The van der Waals surface area contributed by atoms with E-state index in [0.29, 0.717) is 19.4 Å². The van der Waals surface area contributed by atoms with Crippen molar-refractivity contribution >= 4 is 12.0 Å². The number of rotatable bonds is 8. The summed E-state index contributed by atoms with van der Waals surface area (Å²) in [5.41, 5.74) is 5.61. The summed E-state index contributed by atoms with van der Waals surface area (Å²) in [5, 5.41) is 5.35. The number of benzene rings is 1. The maximum absolute atomic E-state index is 12.9. The van der Waals surface area contributed by atoms with Gasteiger partial charge in [0.25, 0.3) is 0 Å². The molecule has 0 radical (unpaired) electrons. The van der Waals surface area contributed by atoms with Crippen LogP contribution in [0.25, 0.3) is 0 Å².